The van der Waals surface area contributed by atoms with Gasteiger partial charge in [0, 0.05) is 38.9 Å². The molecule has 2 rings (SSSR count). The van der Waals surface area contributed by atoms with Gasteiger partial charge in [0.05, 0.1) is 10.6 Å². The van der Waals surface area contributed by atoms with Crippen molar-refractivity contribution in [3.63, 3.8) is 0 Å². The second-order valence-corrected chi connectivity index (χ2v) is 8.26. The van der Waals surface area contributed by atoms with E-state index in [1.165, 1.54) is 21.3 Å². The van der Waals surface area contributed by atoms with Crippen molar-refractivity contribution >= 4 is 15.9 Å². The lowest BCUT2D eigenvalue weighted by Crippen LogP contribution is -2.29. The quantitative estimate of drug-likeness (QED) is 0.843. The standard InChI is InChI=1S/C17H24N4O3S/c1-12-16(13(2)19-18-12)9-10-21(5)25(23,24)15-8-6-7-14(11-15)17(22)20(3)4/h6-8,11H,9-10H2,1-5H3,(H,18,19). The van der Waals surface area contributed by atoms with Crippen molar-refractivity contribution in [2.24, 2.45) is 0 Å². The van der Waals surface area contributed by atoms with Crippen LogP contribution in [0.25, 0.3) is 0 Å². The molecule has 0 aliphatic heterocycles. The first kappa shape index (κ1) is 19.1. The molecule has 0 spiro atoms. The van der Waals surface area contributed by atoms with E-state index in [2.05, 4.69) is 10.2 Å². The van der Waals surface area contributed by atoms with Crippen LogP contribution in [0.3, 0.4) is 0 Å². The van der Waals surface area contributed by atoms with Gasteiger partial charge in [0.2, 0.25) is 10.0 Å². The molecular formula is C17H24N4O3S. The first-order valence-electron chi connectivity index (χ1n) is 7.93. The second-order valence-electron chi connectivity index (χ2n) is 6.22. The SMILES string of the molecule is Cc1n[nH]c(C)c1CCN(C)S(=O)(=O)c1cccc(C(=O)N(C)C)c1. The van der Waals surface area contributed by atoms with Gasteiger partial charge in [0.15, 0.2) is 0 Å². The molecule has 0 fully saturated rings. The predicted molar refractivity (Wildman–Crippen MR) is 96.0 cm³/mol. The van der Waals surface area contributed by atoms with Gasteiger partial charge in [-0.2, -0.15) is 5.10 Å². The first-order chi connectivity index (χ1) is 11.6. The molecule has 0 atom stereocenters. The highest BCUT2D eigenvalue weighted by Gasteiger charge is 2.22. The van der Waals surface area contributed by atoms with Crippen molar-refractivity contribution < 1.29 is 13.2 Å². The molecule has 7 nitrogen and oxygen atoms in total. The number of hydrogen-bond donors (Lipinski definition) is 1. The molecule has 0 aliphatic rings. The van der Waals surface area contributed by atoms with Crippen LogP contribution in [-0.4, -0.2) is 61.4 Å². The van der Waals surface area contributed by atoms with Crippen LogP contribution in [0.15, 0.2) is 29.2 Å². The molecule has 136 valence electrons. The van der Waals surface area contributed by atoms with Crippen LogP contribution in [0.4, 0.5) is 0 Å². The lowest BCUT2D eigenvalue weighted by molar-refractivity contribution is 0.0827. The molecule has 2 aromatic rings. The van der Waals surface area contributed by atoms with E-state index in [0.29, 0.717) is 18.5 Å². The Kier molecular flexibility index (Phi) is 5.64. The van der Waals surface area contributed by atoms with E-state index < -0.39 is 10.0 Å². The number of aryl methyl sites for hydroxylation is 2. The summed E-state index contributed by atoms with van der Waals surface area (Å²) in [7, 11) is 1.13. The van der Waals surface area contributed by atoms with Crippen molar-refractivity contribution in [3.8, 4) is 0 Å². The molecule has 25 heavy (non-hydrogen) atoms. The zero-order valence-electron chi connectivity index (χ0n) is 15.2. The molecule has 0 saturated carbocycles. The highest BCUT2D eigenvalue weighted by molar-refractivity contribution is 7.89. The highest BCUT2D eigenvalue weighted by Crippen LogP contribution is 2.18. The van der Waals surface area contributed by atoms with Crippen LogP contribution >= 0.6 is 0 Å². The Bertz CT molecular complexity index is 852. The lowest BCUT2D eigenvalue weighted by Gasteiger charge is -2.18. The second kappa shape index (κ2) is 7.37. The summed E-state index contributed by atoms with van der Waals surface area (Å²) in [6.45, 7) is 4.14. The molecule has 0 radical (unpaired) electrons. The van der Waals surface area contributed by atoms with Gasteiger partial charge in [-0.3, -0.25) is 9.89 Å². The molecule has 0 unspecified atom stereocenters. The summed E-state index contributed by atoms with van der Waals surface area (Å²) in [6, 6.07) is 6.12. The van der Waals surface area contributed by atoms with Gasteiger partial charge in [-0.1, -0.05) is 6.07 Å². The van der Waals surface area contributed by atoms with Gasteiger partial charge in [-0.25, -0.2) is 12.7 Å². The van der Waals surface area contributed by atoms with Crippen molar-refractivity contribution in [1.82, 2.24) is 19.4 Å². The Labute approximate surface area is 148 Å². The van der Waals surface area contributed by atoms with Crippen molar-refractivity contribution in [2.45, 2.75) is 25.2 Å². The van der Waals surface area contributed by atoms with Crippen molar-refractivity contribution in [1.29, 1.82) is 0 Å². The fourth-order valence-corrected chi connectivity index (χ4v) is 3.78. The number of benzene rings is 1. The van der Waals surface area contributed by atoms with E-state index in [4.69, 9.17) is 0 Å². The summed E-state index contributed by atoms with van der Waals surface area (Å²) < 4.78 is 26.9. The average molecular weight is 364 g/mol. The Morgan fingerprint density at radius 1 is 1.20 bits per heavy atom. The monoisotopic (exact) mass is 364 g/mol. The number of rotatable bonds is 6. The Balaban J connectivity index is 2.20. The lowest BCUT2D eigenvalue weighted by atomic mass is 10.1. The van der Waals surface area contributed by atoms with E-state index in [0.717, 1.165) is 17.0 Å². The number of H-pyrrole nitrogens is 1. The van der Waals surface area contributed by atoms with E-state index in [1.807, 2.05) is 13.8 Å². The molecule has 1 N–H and O–H groups in total. The predicted octanol–water partition coefficient (Wildman–Crippen LogP) is 1.59. The number of likely N-dealkylation sites (N-methyl/N-ethyl adjacent to an activating group) is 1. The summed E-state index contributed by atoms with van der Waals surface area (Å²) in [5.41, 5.74) is 3.20. The number of carbonyl (C=O) groups excluding carboxylic acids is 1. The molecule has 1 aromatic carbocycles. The van der Waals surface area contributed by atoms with E-state index in [9.17, 15) is 13.2 Å². The maximum Gasteiger partial charge on any atom is 0.253 e. The summed E-state index contributed by atoms with van der Waals surface area (Å²) >= 11 is 0. The maximum absolute atomic E-state index is 12.8. The first-order valence-corrected chi connectivity index (χ1v) is 9.37. The molecular weight excluding hydrogens is 340 g/mol. The van der Waals surface area contributed by atoms with Gasteiger partial charge in [0.1, 0.15) is 0 Å². The summed E-state index contributed by atoms with van der Waals surface area (Å²) in [6.07, 6.45) is 0.570. The molecule has 1 amide bonds. The smallest absolute Gasteiger partial charge is 0.253 e. The molecule has 0 saturated heterocycles. The van der Waals surface area contributed by atoms with Crippen molar-refractivity contribution in [2.75, 3.05) is 27.7 Å². The summed E-state index contributed by atoms with van der Waals surface area (Å²) in [5.74, 6) is -0.232. The molecule has 1 aromatic heterocycles. The number of aromatic nitrogens is 2. The van der Waals surface area contributed by atoms with Crippen LogP contribution in [0, 0.1) is 13.8 Å². The van der Waals surface area contributed by atoms with Gasteiger partial charge in [-0.05, 0) is 44.0 Å². The van der Waals surface area contributed by atoms with Crippen LogP contribution in [0.2, 0.25) is 0 Å². The van der Waals surface area contributed by atoms with Crippen LogP contribution in [0.5, 0.6) is 0 Å². The Hall–Kier alpha value is -2.19. The Morgan fingerprint density at radius 2 is 1.88 bits per heavy atom. The number of nitrogens with one attached hydrogen (secondary N) is 1. The van der Waals surface area contributed by atoms with E-state index in [-0.39, 0.29) is 10.8 Å². The van der Waals surface area contributed by atoms with Gasteiger partial charge < -0.3 is 4.90 Å². The molecule has 1 heterocycles. The third-order valence-corrected chi connectivity index (χ3v) is 6.01. The van der Waals surface area contributed by atoms with E-state index in [1.54, 1.807) is 33.3 Å². The minimum Gasteiger partial charge on any atom is -0.345 e. The third kappa shape index (κ3) is 4.08. The number of carbonyl (C=O) groups is 1. The van der Waals surface area contributed by atoms with Gasteiger partial charge in [-0.15, -0.1) is 0 Å². The maximum atomic E-state index is 12.8. The van der Waals surface area contributed by atoms with Gasteiger partial charge in [0.25, 0.3) is 5.91 Å². The topological polar surface area (TPSA) is 86.4 Å². The van der Waals surface area contributed by atoms with Gasteiger partial charge >= 0.3 is 0 Å². The fraction of sp³-hybridized carbons (Fsp3) is 0.412. The normalized spacial score (nSPS) is 11.8. The minimum atomic E-state index is -3.67. The van der Waals surface area contributed by atoms with Crippen LogP contribution < -0.4 is 0 Å². The number of hydrogen-bond acceptors (Lipinski definition) is 4. The fourth-order valence-electron chi connectivity index (χ4n) is 2.56. The number of sulfonamides is 1. The zero-order valence-corrected chi connectivity index (χ0v) is 16.0. The molecule has 0 aliphatic carbocycles. The van der Waals surface area contributed by atoms with Crippen LogP contribution in [0.1, 0.15) is 27.3 Å². The van der Waals surface area contributed by atoms with E-state index >= 15 is 0 Å². The highest BCUT2D eigenvalue weighted by atomic mass is 32.2. The minimum absolute atomic E-state index is 0.114. The molecule has 8 heteroatoms. The zero-order chi connectivity index (χ0) is 18.8. The number of aromatic amines is 1. The summed E-state index contributed by atoms with van der Waals surface area (Å²) in [5, 5.41) is 7.03. The Morgan fingerprint density at radius 3 is 2.44 bits per heavy atom. The number of amides is 1. The molecule has 0 bridgehead atoms. The third-order valence-electron chi connectivity index (χ3n) is 4.15. The van der Waals surface area contributed by atoms with Crippen molar-refractivity contribution in [3.05, 3.63) is 46.8 Å². The van der Waals surface area contributed by atoms with Crippen LogP contribution in [-0.2, 0) is 16.4 Å². The average Bonchev–Trinajstić information content (AvgIpc) is 2.90. The summed E-state index contributed by atoms with van der Waals surface area (Å²) in [4.78, 5) is 13.6. The largest absolute Gasteiger partial charge is 0.345 e. The number of nitrogens with zero attached hydrogens (tertiary/aromatic N) is 3.